The Morgan fingerprint density at radius 1 is 0.889 bits per heavy atom. The third-order valence-electron chi connectivity index (χ3n) is 5.76. The molecule has 1 N–H and O–H groups in total. The lowest BCUT2D eigenvalue weighted by Crippen LogP contribution is -2.44. The number of aliphatic carboxylic acids is 1. The van der Waals surface area contributed by atoms with E-state index in [4.69, 9.17) is 5.11 Å². The maximum Gasteiger partial charge on any atom is 0.309 e. The van der Waals surface area contributed by atoms with Crippen molar-refractivity contribution in [3.63, 3.8) is 0 Å². The second-order valence-electron chi connectivity index (χ2n) is 8.54. The Morgan fingerprint density at radius 2 is 1.41 bits per heavy atom. The monoisotopic (exact) mass is 376 g/mol. The lowest BCUT2D eigenvalue weighted by atomic mass is 9.96. The quantitative estimate of drug-likeness (QED) is 0.261. The molecular formula is C24H42NO2+. The lowest BCUT2D eigenvalue weighted by Gasteiger charge is -2.38. The van der Waals surface area contributed by atoms with E-state index in [1.54, 1.807) is 0 Å². The zero-order chi connectivity index (χ0) is 20.0. The van der Waals surface area contributed by atoms with Crippen molar-refractivity contribution in [2.75, 3.05) is 20.6 Å². The van der Waals surface area contributed by atoms with Crippen molar-refractivity contribution in [2.45, 2.75) is 90.0 Å². The minimum Gasteiger partial charge on any atom is -0.481 e. The van der Waals surface area contributed by atoms with Gasteiger partial charge in [-0.25, -0.2) is 0 Å². The average molecular weight is 377 g/mol. The van der Waals surface area contributed by atoms with E-state index in [2.05, 4.69) is 51.4 Å². The van der Waals surface area contributed by atoms with Crippen LogP contribution in [0.3, 0.4) is 0 Å². The van der Waals surface area contributed by atoms with Gasteiger partial charge in [0.25, 0.3) is 0 Å². The molecule has 0 aliphatic heterocycles. The SMILES string of the molecule is CCCCCCCCCCCCC(c1ccccc1)[N+](C)(C)CCC(=O)O. The topological polar surface area (TPSA) is 37.3 Å². The van der Waals surface area contributed by atoms with Gasteiger partial charge in [-0.15, -0.1) is 0 Å². The highest BCUT2D eigenvalue weighted by molar-refractivity contribution is 5.66. The third-order valence-corrected chi connectivity index (χ3v) is 5.76. The Morgan fingerprint density at radius 3 is 1.93 bits per heavy atom. The van der Waals surface area contributed by atoms with E-state index in [0.29, 0.717) is 12.6 Å². The molecule has 1 rings (SSSR count). The highest BCUT2D eigenvalue weighted by atomic mass is 16.4. The van der Waals surface area contributed by atoms with E-state index >= 15 is 0 Å². The molecule has 1 unspecified atom stereocenters. The summed E-state index contributed by atoms with van der Waals surface area (Å²) in [7, 11) is 4.35. The number of carbonyl (C=O) groups is 1. The smallest absolute Gasteiger partial charge is 0.309 e. The van der Waals surface area contributed by atoms with Crippen LogP contribution >= 0.6 is 0 Å². The summed E-state index contributed by atoms with van der Waals surface area (Å²) >= 11 is 0. The van der Waals surface area contributed by atoms with Gasteiger partial charge in [-0.3, -0.25) is 4.79 Å². The molecule has 0 aliphatic carbocycles. The molecule has 1 atom stereocenters. The van der Waals surface area contributed by atoms with E-state index in [1.807, 2.05) is 0 Å². The maximum atomic E-state index is 11.0. The standard InChI is InChI=1S/C24H41NO2/c1-4-5-6-7-8-9-10-11-12-16-19-23(22-17-14-13-15-18-22)25(2,3)21-20-24(26)27/h13-15,17-18,23H,4-12,16,19-21H2,1-3H3/p+1. The summed E-state index contributed by atoms with van der Waals surface area (Å²) in [4.78, 5) is 11.0. The van der Waals surface area contributed by atoms with E-state index < -0.39 is 5.97 Å². The van der Waals surface area contributed by atoms with Crippen molar-refractivity contribution in [2.24, 2.45) is 0 Å². The van der Waals surface area contributed by atoms with Gasteiger partial charge >= 0.3 is 5.97 Å². The first-order valence-electron chi connectivity index (χ1n) is 11.1. The fourth-order valence-corrected chi connectivity index (χ4v) is 3.96. The first-order valence-corrected chi connectivity index (χ1v) is 11.1. The van der Waals surface area contributed by atoms with Crippen molar-refractivity contribution in [3.8, 4) is 0 Å². The Hall–Kier alpha value is -1.35. The summed E-state index contributed by atoms with van der Waals surface area (Å²) in [5.41, 5.74) is 1.34. The number of nitrogens with zero attached hydrogens (tertiary/aromatic N) is 1. The van der Waals surface area contributed by atoms with Gasteiger partial charge in [0.2, 0.25) is 0 Å². The van der Waals surface area contributed by atoms with Crippen LogP contribution in [-0.2, 0) is 4.79 Å². The van der Waals surface area contributed by atoms with Gasteiger partial charge in [0.1, 0.15) is 6.04 Å². The number of hydrogen-bond acceptors (Lipinski definition) is 1. The van der Waals surface area contributed by atoms with Crippen molar-refractivity contribution >= 4 is 5.97 Å². The molecule has 0 spiro atoms. The molecule has 3 nitrogen and oxygen atoms in total. The van der Waals surface area contributed by atoms with Crippen molar-refractivity contribution in [1.29, 1.82) is 0 Å². The number of carboxylic acid groups (broad SMARTS) is 1. The molecule has 1 aromatic carbocycles. The Bertz CT molecular complexity index is 498. The molecule has 1 aromatic rings. The van der Waals surface area contributed by atoms with Gasteiger partial charge in [0.05, 0.1) is 27.1 Å². The summed E-state index contributed by atoms with van der Waals surface area (Å²) < 4.78 is 0.744. The lowest BCUT2D eigenvalue weighted by molar-refractivity contribution is -0.921. The molecule has 0 saturated carbocycles. The van der Waals surface area contributed by atoms with Crippen LogP contribution in [0.5, 0.6) is 0 Å². The van der Waals surface area contributed by atoms with Crippen LogP contribution in [-0.4, -0.2) is 36.2 Å². The molecule has 0 aliphatic rings. The largest absolute Gasteiger partial charge is 0.481 e. The molecule has 0 fully saturated rings. The molecule has 0 saturated heterocycles. The first-order chi connectivity index (χ1) is 13.0. The highest BCUT2D eigenvalue weighted by Gasteiger charge is 2.29. The van der Waals surface area contributed by atoms with Gasteiger partial charge < -0.3 is 9.59 Å². The molecule has 0 heterocycles. The summed E-state index contributed by atoms with van der Waals surface area (Å²) in [5.74, 6) is -0.702. The predicted molar refractivity (Wildman–Crippen MR) is 115 cm³/mol. The molecule has 154 valence electrons. The molecule has 3 heteroatoms. The zero-order valence-electron chi connectivity index (χ0n) is 18.0. The van der Waals surface area contributed by atoms with Gasteiger partial charge in [0, 0.05) is 12.0 Å². The Balaban J connectivity index is 2.39. The van der Waals surface area contributed by atoms with Crippen molar-refractivity contribution in [1.82, 2.24) is 0 Å². The van der Waals surface area contributed by atoms with Crippen molar-refractivity contribution in [3.05, 3.63) is 35.9 Å². The minimum absolute atomic E-state index is 0.231. The van der Waals surface area contributed by atoms with E-state index in [9.17, 15) is 4.79 Å². The zero-order valence-corrected chi connectivity index (χ0v) is 18.0. The summed E-state index contributed by atoms with van der Waals surface area (Å²) in [6, 6.07) is 11.0. The van der Waals surface area contributed by atoms with E-state index in [-0.39, 0.29) is 6.42 Å². The Kier molecular flexibility index (Phi) is 12.1. The molecule has 0 amide bonds. The van der Waals surface area contributed by atoms with Gasteiger partial charge in [0.15, 0.2) is 0 Å². The number of hydrogen-bond donors (Lipinski definition) is 1. The fraction of sp³-hybridized carbons (Fsp3) is 0.708. The fourth-order valence-electron chi connectivity index (χ4n) is 3.96. The summed E-state index contributed by atoms with van der Waals surface area (Å²) in [5, 5.41) is 9.08. The first kappa shape index (κ1) is 23.7. The number of rotatable bonds is 16. The second kappa shape index (κ2) is 13.8. The summed E-state index contributed by atoms with van der Waals surface area (Å²) in [6.45, 7) is 2.94. The molecule has 0 bridgehead atoms. The second-order valence-corrected chi connectivity index (χ2v) is 8.54. The number of benzene rings is 1. The van der Waals surface area contributed by atoms with Gasteiger partial charge in [-0.1, -0.05) is 95.0 Å². The van der Waals surface area contributed by atoms with Gasteiger partial charge in [-0.2, -0.15) is 0 Å². The Labute approximate surface area is 167 Å². The van der Waals surface area contributed by atoms with Crippen LogP contribution in [0, 0.1) is 0 Å². The van der Waals surface area contributed by atoms with Gasteiger partial charge in [-0.05, 0) is 6.42 Å². The minimum atomic E-state index is -0.702. The van der Waals surface area contributed by atoms with Crippen LogP contribution in [0.1, 0.15) is 95.6 Å². The third kappa shape index (κ3) is 10.5. The predicted octanol–water partition coefficient (Wildman–Crippen LogP) is 6.59. The average Bonchev–Trinajstić information content (AvgIpc) is 2.65. The summed E-state index contributed by atoms with van der Waals surface area (Å²) in [6.07, 6.45) is 14.9. The molecule has 0 radical (unpaired) electrons. The maximum absolute atomic E-state index is 11.0. The number of carboxylic acids is 1. The number of quaternary nitrogens is 1. The number of unbranched alkanes of at least 4 members (excludes halogenated alkanes) is 9. The van der Waals surface area contributed by atoms with Crippen LogP contribution < -0.4 is 0 Å². The van der Waals surface area contributed by atoms with E-state index in [0.717, 1.165) is 10.9 Å². The normalized spacial score (nSPS) is 12.9. The highest BCUT2D eigenvalue weighted by Crippen LogP contribution is 2.31. The van der Waals surface area contributed by atoms with Crippen molar-refractivity contribution < 1.29 is 14.4 Å². The van der Waals surface area contributed by atoms with Crippen LogP contribution in [0.15, 0.2) is 30.3 Å². The molecular weight excluding hydrogens is 334 g/mol. The van der Waals surface area contributed by atoms with Crippen LogP contribution in [0.2, 0.25) is 0 Å². The van der Waals surface area contributed by atoms with Crippen LogP contribution in [0.25, 0.3) is 0 Å². The molecule has 27 heavy (non-hydrogen) atoms. The van der Waals surface area contributed by atoms with E-state index in [1.165, 1.54) is 69.8 Å². The molecule has 0 aromatic heterocycles. The van der Waals surface area contributed by atoms with Crippen LogP contribution in [0.4, 0.5) is 0 Å².